The van der Waals surface area contributed by atoms with E-state index in [0.29, 0.717) is 24.6 Å². The van der Waals surface area contributed by atoms with Gasteiger partial charge in [0, 0.05) is 18.8 Å². The molecule has 1 aromatic heterocycles. The third kappa shape index (κ3) is 2.82. The van der Waals surface area contributed by atoms with E-state index < -0.39 is 0 Å². The summed E-state index contributed by atoms with van der Waals surface area (Å²) in [5.74, 6) is 1.17. The van der Waals surface area contributed by atoms with Crippen LogP contribution in [0.25, 0.3) is 0 Å². The van der Waals surface area contributed by atoms with Crippen LogP contribution in [0.15, 0.2) is 4.52 Å². The molecule has 0 spiro atoms. The minimum absolute atomic E-state index is 0.0194. The van der Waals surface area contributed by atoms with Gasteiger partial charge in [0.25, 0.3) is 0 Å². The second-order valence-electron chi connectivity index (χ2n) is 3.12. The Hall–Kier alpha value is -1.41. The topological polar surface area (TPSA) is 82.9 Å². The van der Waals surface area contributed by atoms with Gasteiger partial charge in [0.2, 0.25) is 5.89 Å². The molecular weight excluding hydrogens is 182 g/mol. The Kier molecular flexibility index (Phi) is 4.08. The zero-order chi connectivity index (χ0) is 10.4. The molecule has 0 bridgehead atoms. The average molecular weight is 195 g/mol. The third-order valence-electron chi connectivity index (χ3n) is 1.93. The predicted octanol–water partition coefficient (Wildman–Crippen LogP) is 1.01. The fraction of sp³-hybridized carbons (Fsp3) is 0.667. The molecule has 0 fully saturated rings. The molecule has 5 nitrogen and oxygen atoms in total. The molecule has 0 saturated heterocycles. The maximum Gasteiger partial charge on any atom is 0.229 e. The van der Waals surface area contributed by atoms with E-state index in [0.717, 1.165) is 6.42 Å². The number of hydrogen-bond acceptors (Lipinski definition) is 5. The standard InChI is InChI=1S/C9H13N3O2/c1-7(3-2-5-10)9-11-8(4-6-13)12-14-9/h7,13H,2-4,6H2,1H3. The molecule has 0 radical (unpaired) electrons. The summed E-state index contributed by atoms with van der Waals surface area (Å²) in [6, 6.07) is 2.07. The number of nitriles is 1. The highest BCUT2D eigenvalue weighted by atomic mass is 16.5. The molecule has 0 amide bonds. The van der Waals surface area contributed by atoms with Gasteiger partial charge in [0.05, 0.1) is 12.7 Å². The summed E-state index contributed by atoms with van der Waals surface area (Å²) in [4.78, 5) is 4.11. The van der Waals surface area contributed by atoms with Crippen molar-refractivity contribution in [1.29, 1.82) is 5.26 Å². The van der Waals surface area contributed by atoms with Crippen molar-refractivity contribution in [2.75, 3.05) is 6.61 Å². The van der Waals surface area contributed by atoms with Crippen molar-refractivity contribution in [1.82, 2.24) is 10.1 Å². The molecule has 76 valence electrons. The lowest BCUT2D eigenvalue weighted by atomic mass is 10.1. The highest BCUT2D eigenvalue weighted by Crippen LogP contribution is 2.18. The van der Waals surface area contributed by atoms with E-state index in [1.165, 1.54) is 0 Å². The predicted molar refractivity (Wildman–Crippen MR) is 48.3 cm³/mol. The SMILES string of the molecule is CC(CCC#N)c1nc(CCO)no1. The van der Waals surface area contributed by atoms with Gasteiger partial charge < -0.3 is 9.63 Å². The molecule has 0 saturated carbocycles. The molecule has 5 heteroatoms. The molecule has 1 N–H and O–H groups in total. The highest BCUT2D eigenvalue weighted by molar-refractivity contribution is 4.93. The molecule has 0 aromatic carbocycles. The Morgan fingerprint density at radius 1 is 1.64 bits per heavy atom. The summed E-state index contributed by atoms with van der Waals surface area (Å²) in [5, 5.41) is 20.8. The van der Waals surface area contributed by atoms with E-state index in [1.54, 1.807) is 0 Å². The lowest BCUT2D eigenvalue weighted by molar-refractivity contribution is 0.292. The number of hydrogen-bond donors (Lipinski definition) is 1. The minimum Gasteiger partial charge on any atom is -0.396 e. The molecule has 1 heterocycles. The van der Waals surface area contributed by atoms with Crippen LogP contribution in [0.3, 0.4) is 0 Å². The first-order valence-electron chi connectivity index (χ1n) is 4.58. The zero-order valence-electron chi connectivity index (χ0n) is 8.10. The molecule has 1 unspecified atom stereocenters. The van der Waals surface area contributed by atoms with Crippen LogP contribution in [-0.2, 0) is 6.42 Å². The van der Waals surface area contributed by atoms with E-state index in [9.17, 15) is 0 Å². The van der Waals surface area contributed by atoms with Gasteiger partial charge in [-0.05, 0) is 6.42 Å². The van der Waals surface area contributed by atoms with Crippen molar-refractivity contribution < 1.29 is 9.63 Å². The number of aliphatic hydroxyl groups is 1. The monoisotopic (exact) mass is 195 g/mol. The van der Waals surface area contributed by atoms with Crippen molar-refractivity contribution in [3.8, 4) is 6.07 Å². The first-order chi connectivity index (χ1) is 6.77. The smallest absolute Gasteiger partial charge is 0.229 e. The minimum atomic E-state index is 0.0194. The number of aromatic nitrogens is 2. The van der Waals surface area contributed by atoms with Crippen LogP contribution < -0.4 is 0 Å². The van der Waals surface area contributed by atoms with E-state index in [2.05, 4.69) is 16.2 Å². The Morgan fingerprint density at radius 2 is 2.43 bits per heavy atom. The summed E-state index contributed by atoms with van der Waals surface area (Å²) < 4.78 is 4.99. The van der Waals surface area contributed by atoms with Crippen molar-refractivity contribution >= 4 is 0 Å². The van der Waals surface area contributed by atoms with E-state index in [1.807, 2.05) is 6.92 Å². The van der Waals surface area contributed by atoms with Crippen LogP contribution in [0.1, 0.15) is 37.4 Å². The summed E-state index contributed by atoms with van der Waals surface area (Å²) in [5.41, 5.74) is 0. The second kappa shape index (κ2) is 5.35. The van der Waals surface area contributed by atoms with Gasteiger partial charge in [-0.25, -0.2) is 0 Å². The third-order valence-corrected chi connectivity index (χ3v) is 1.93. The van der Waals surface area contributed by atoms with Gasteiger partial charge >= 0.3 is 0 Å². The lowest BCUT2D eigenvalue weighted by Crippen LogP contribution is -1.96. The van der Waals surface area contributed by atoms with Crippen molar-refractivity contribution in [3.05, 3.63) is 11.7 Å². The van der Waals surface area contributed by atoms with Gasteiger partial charge in [-0.1, -0.05) is 12.1 Å². The summed E-state index contributed by atoms with van der Waals surface area (Å²) in [7, 11) is 0. The van der Waals surface area contributed by atoms with Crippen molar-refractivity contribution in [2.24, 2.45) is 0 Å². The van der Waals surface area contributed by atoms with Gasteiger partial charge in [-0.2, -0.15) is 10.2 Å². The maximum atomic E-state index is 8.64. The molecule has 14 heavy (non-hydrogen) atoms. The van der Waals surface area contributed by atoms with E-state index >= 15 is 0 Å². The van der Waals surface area contributed by atoms with Gasteiger partial charge in [0.15, 0.2) is 5.82 Å². The highest BCUT2D eigenvalue weighted by Gasteiger charge is 2.13. The number of aliphatic hydroxyl groups excluding tert-OH is 1. The average Bonchev–Trinajstić information content (AvgIpc) is 2.63. The number of rotatable bonds is 5. The Labute approximate surface area is 82.4 Å². The van der Waals surface area contributed by atoms with E-state index in [-0.39, 0.29) is 12.5 Å². The zero-order valence-corrected chi connectivity index (χ0v) is 8.10. The lowest BCUT2D eigenvalue weighted by Gasteiger charge is -2.00. The van der Waals surface area contributed by atoms with Gasteiger partial charge in [0.1, 0.15) is 0 Å². The van der Waals surface area contributed by atoms with Gasteiger partial charge in [-0.15, -0.1) is 0 Å². The molecule has 0 aliphatic carbocycles. The van der Waals surface area contributed by atoms with Crippen LogP contribution in [0.5, 0.6) is 0 Å². The Bertz CT molecular complexity index is 316. The maximum absolute atomic E-state index is 8.64. The molecular formula is C9H13N3O2. The van der Waals surface area contributed by atoms with Crippen LogP contribution in [0.4, 0.5) is 0 Å². The van der Waals surface area contributed by atoms with E-state index in [4.69, 9.17) is 14.9 Å². The first kappa shape index (κ1) is 10.7. The van der Waals surface area contributed by atoms with Gasteiger partial charge in [-0.3, -0.25) is 0 Å². The molecule has 1 rings (SSSR count). The summed E-state index contributed by atoms with van der Waals surface area (Å²) in [6.07, 6.45) is 1.62. The Balaban J connectivity index is 2.53. The Morgan fingerprint density at radius 3 is 3.07 bits per heavy atom. The quantitative estimate of drug-likeness (QED) is 0.758. The molecule has 0 aliphatic rings. The molecule has 1 atom stereocenters. The normalized spacial score (nSPS) is 12.4. The van der Waals surface area contributed by atoms with Crippen molar-refractivity contribution in [2.45, 2.75) is 32.1 Å². The van der Waals surface area contributed by atoms with Crippen molar-refractivity contribution in [3.63, 3.8) is 0 Å². The molecule has 1 aromatic rings. The summed E-state index contributed by atoms with van der Waals surface area (Å²) in [6.45, 7) is 1.96. The molecule has 0 aliphatic heterocycles. The first-order valence-corrected chi connectivity index (χ1v) is 4.58. The fourth-order valence-corrected chi connectivity index (χ4v) is 1.07. The van der Waals surface area contributed by atoms with Crippen LogP contribution in [0, 0.1) is 11.3 Å². The van der Waals surface area contributed by atoms with Crippen LogP contribution in [0.2, 0.25) is 0 Å². The number of nitrogens with zero attached hydrogens (tertiary/aromatic N) is 3. The second-order valence-corrected chi connectivity index (χ2v) is 3.12. The summed E-state index contributed by atoms with van der Waals surface area (Å²) >= 11 is 0. The van der Waals surface area contributed by atoms with Crippen LogP contribution in [-0.4, -0.2) is 21.9 Å². The van der Waals surface area contributed by atoms with Crippen LogP contribution >= 0.6 is 0 Å². The largest absolute Gasteiger partial charge is 0.396 e. The fourth-order valence-electron chi connectivity index (χ4n) is 1.07.